The molecule has 9 nitrogen and oxygen atoms in total. The first kappa shape index (κ1) is 31.9. The van der Waals surface area contributed by atoms with Crippen molar-refractivity contribution >= 4 is 29.8 Å². The molecule has 5 rings (SSSR count). The molecule has 2 N–H and O–H groups in total. The van der Waals surface area contributed by atoms with Gasteiger partial charge >= 0.3 is 11.9 Å². The number of aliphatic hydroxyl groups is 1. The minimum absolute atomic E-state index is 0.00466. The molecule has 4 bridgehead atoms. The lowest BCUT2D eigenvalue weighted by Gasteiger charge is -2.58. The number of carboxylic acid groups (broad SMARTS) is 1. The molecule has 0 spiro atoms. The van der Waals surface area contributed by atoms with Crippen LogP contribution in [-0.4, -0.2) is 78.7 Å². The van der Waals surface area contributed by atoms with Gasteiger partial charge in [0.25, 0.3) is 0 Å². The zero-order chi connectivity index (χ0) is 30.6. The fourth-order valence-corrected chi connectivity index (χ4v) is 10.2. The van der Waals surface area contributed by atoms with Crippen molar-refractivity contribution in [2.75, 3.05) is 19.6 Å². The van der Waals surface area contributed by atoms with E-state index in [0.29, 0.717) is 37.5 Å². The number of methoxy groups -OCH3 is 1. The van der Waals surface area contributed by atoms with Crippen molar-refractivity contribution < 1.29 is 43.5 Å². The zero-order valence-electron chi connectivity index (χ0n) is 25.4. The summed E-state index contributed by atoms with van der Waals surface area (Å²) in [5.41, 5.74) is -2.43. The molecule has 0 amide bonds. The summed E-state index contributed by atoms with van der Waals surface area (Å²) in [6.45, 7) is 7.98. The van der Waals surface area contributed by atoms with Gasteiger partial charge in [-0.25, -0.2) is 0 Å². The molecule has 0 aromatic carbocycles. The number of aliphatic hydroxyl groups excluding tert-OH is 1. The first-order chi connectivity index (χ1) is 19.9. The number of halogens is 1. The Hall–Kier alpha value is -1.52. The van der Waals surface area contributed by atoms with E-state index in [1.54, 1.807) is 6.92 Å². The van der Waals surface area contributed by atoms with Gasteiger partial charge in [0.1, 0.15) is 23.9 Å². The number of alkyl halides is 1. The molecular formula is C32H47ClO9. The number of rotatable bonds is 12. The Balaban J connectivity index is 1.46. The Kier molecular flexibility index (Phi) is 8.94. The third-order valence-corrected chi connectivity index (χ3v) is 11.9. The number of aliphatic carboxylic acids is 1. The van der Waals surface area contributed by atoms with E-state index in [2.05, 4.69) is 13.0 Å². The van der Waals surface area contributed by atoms with Crippen LogP contribution >= 0.6 is 11.6 Å². The molecule has 12 atom stereocenters. The Morgan fingerprint density at radius 1 is 1.19 bits per heavy atom. The number of ether oxygens (including phenoxy) is 4. The van der Waals surface area contributed by atoms with E-state index in [9.17, 15) is 24.6 Å². The van der Waals surface area contributed by atoms with Gasteiger partial charge in [0.05, 0.1) is 18.1 Å². The molecule has 42 heavy (non-hydrogen) atoms. The fourth-order valence-electron chi connectivity index (χ4n) is 10.0. The second-order valence-electron chi connectivity index (χ2n) is 13.8. The van der Waals surface area contributed by atoms with Crippen molar-refractivity contribution in [2.24, 2.45) is 45.8 Å². The van der Waals surface area contributed by atoms with Crippen molar-refractivity contribution in [3.05, 3.63) is 11.6 Å². The third-order valence-electron chi connectivity index (χ3n) is 11.7. The largest absolute Gasteiger partial charge is 0.481 e. The lowest BCUT2D eigenvalue weighted by molar-refractivity contribution is -0.309. The third kappa shape index (κ3) is 4.35. The van der Waals surface area contributed by atoms with Gasteiger partial charge in [0, 0.05) is 24.8 Å². The SMILES string of the molecule is CO[C@H]1[C@@H](OC(=O)CCCCCl)[C@H](O)[C@H](OCC23C[C@@H]4[C@H](C)CC[C@H]4C4(C=O)CC2C=C(C(C)C)C34C(=O)O)O[C@@H]1C. The number of carbonyl (C=O) groups excluding carboxylic acids is 2. The minimum atomic E-state index is -1.39. The number of fused-ring (bicyclic) bond motifs is 2. The first-order valence-electron chi connectivity index (χ1n) is 15.6. The average Bonchev–Trinajstić information content (AvgIpc) is 3.52. The van der Waals surface area contributed by atoms with Gasteiger partial charge in [-0.2, -0.15) is 0 Å². The van der Waals surface area contributed by atoms with Gasteiger partial charge in [-0.1, -0.05) is 38.8 Å². The summed E-state index contributed by atoms with van der Waals surface area (Å²) < 4.78 is 23.8. The van der Waals surface area contributed by atoms with Gasteiger partial charge in [-0.05, 0) is 68.6 Å². The van der Waals surface area contributed by atoms with Gasteiger partial charge in [0.2, 0.25) is 0 Å². The molecule has 5 aliphatic rings. The number of esters is 1. The smallest absolute Gasteiger partial charge is 0.315 e. The predicted octanol–water partition coefficient (Wildman–Crippen LogP) is 4.37. The zero-order valence-corrected chi connectivity index (χ0v) is 26.2. The van der Waals surface area contributed by atoms with Crippen molar-refractivity contribution in [3.63, 3.8) is 0 Å². The maximum absolute atomic E-state index is 13.7. The highest BCUT2D eigenvalue weighted by Gasteiger charge is 2.84. The first-order valence-corrected chi connectivity index (χ1v) is 16.1. The summed E-state index contributed by atoms with van der Waals surface area (Å²) in [5, 5.41) is 22.6. The van der Waals surface area contributed by atoms with Gasteiger partial charge in [-0.15, -0.1) is 11.6 Å². The molecular weight excluding hydrogens is 564 g/mol. The van der Waals surface area contributed by atoms with Crippen LogP contribution in [0.3, 0.4) is 0 Å². The number of carboxylic acids is 1. The van der Waals surface area contributed by atoms with E-state index in [1.165, 1.54) is 7.11 Å². The number of hydrogen-bond donors (Lipinski definition) is 2. The van der Waals surface area contributed by atoms with Gasteiger partial charge in [0.15, 0.2) is 12.4 Å². The molecule has 1 heterocycles. The number of unbranched alkanes of at least 4 members (excludes halogenated alkanes) is 1. The summed E-state index contributed by atoms with van der Waals surface area (Å²) in [6, 6.07) is 0. The highest BCUT2D eigenvalue weighted by Crippen LogP contribution is 2.82. The Morgan fingerprint density at radius 3 is 2.55 bits per heavy atom. The number of aldehydes is 1. The van der Waals surface area contributed by atoms with Crippen molar-refractivity contribution in [1.29, 1.82) is 0 Å². The maximum Gasteiger partial charge on any atom is 0.315 e. The van der Waals surface area contributed by atoms with E-state index < -0.39 is 58.9 Å². The van der Waals surface area contributed by atoms with Crippen LogP contribution in [0.2, 0.25) is 0 Å². The highest BCUT2D eigenvalue weighted by atomic mass is 35.5. The van der Waals surface area contributed by atoms with Crippen LogP contribution in [0.25, 0.3) is 0 Å². The Morgan fingerprint density at radius 2 is 1.93 bits per heavy atom. The summed E-state index contributed by atoms with van der Waals surface area (Å²) >= 11 is 5.74. The topological polar surface area (TPSA) is 129 Å². The lowest BCUT2D eigenvalue weighted by atomic mass is 9.43. The van der Waals surface area contributed by atoms with E-state index in [1.807, 2.05) is 13.8 Å². The average molecular weight is 611 g/mol. The number of allylic oxidation sites excluding steroid dienone is 1. The molecule has 1 saturated heterocycles. The molecule has 236 valence electrons. The molecule has 4 aliphatic carbocycles. The second-order valence-corrected chi connectivity index (χ2v) is 14.2. The Bertz CT molecular complexity index is 1090. The van der Waals surface area contributed by atoms with E-state index in [0.717, 1.165) is 24.7 Å². The molecule has 10 heteroatoms. The predicted molar refractivity (Wildman–Crippen MR) is 154 cm³/mol. The van der Waals surface area contributed by atoms with Crippen molar-refractivity contribution in [3.8, 4) is 0 Å². The summed E-state index contributed by atoms with van der Waals surface area (Å²) in [7, 11) is 1.47. The normalized spacial score (nSPS) is 45.5. The van der Waals surface area contributed by atoms with E-state index in [-0.39, 0.29) is 36.7 Å². The molecule has 4 fully saturated rings. The monoisotopic (exact) mass is 610 g/mol. The van der Waals surface area contributed by atoms with Crippen LogP contribution in [0.4, 0.5) is 0 Å². The molecule has 0 radical (unpaired) electrons. The van der Waals surface area contributed by atoms with Crippen LogP contribution in [0.5, 0.6) is 0 Å². The number of hydrogen-bond acceptors (Lipinski definition) is 8. The van der Waals surface area contributed by atoms with Crippen LogP contribution < -0.4 is 0 Å². The van der Waals surface area contributed by atoms with Crippen LogP contribution in [-0.2, 0) is 33.3 Å². The van der Waals surface area contributed by atoms with Crippen LogP contribution in [0.15, 0.2) is 11.6 Å². The fraction of sp³-hybridized carbons (Fsp3) is 0.844. The number of carbonyl (C=O) groups is 3. The Labute approximate surface area is 253 Å². The van der Waals surface area contributed by atoms with Crippen molar-refractivity contribution in [1.82, 2.24) is 0 Å². The summed E-state index contributed by atoms with van der Waals surface area (Å²) in [6.07, 6.45) is 2.63. The molecule has 1 aliphatic heterocycles. The molecule has 3 saturated carbocycles. The quantitative estimate of drug-likeness (QED) is 0.109. The van der Waals surface area contributed by atoms with Crippen LogP contribution in [0.1, 0.15) is 72.6 Å². The molecule has 4 unspecified atom stereocenters. The lowest BCUT2D eigenvalue weighted by Crippen LogP contribution is -2.64. The van der Waals surface area contributed by atoms with Gasteiger partial charge < -0.3 is 34.0 Å². The van der Waals surface area contributed by atoms with Gasteiger partial charge in [-0.3, -0.25) is 9.59 Å². The minimum Gasteiger partial charge on any atom is -0.481 e. The van der Waals surface area contributed by atoms with E-state index in [4.69, 9.17) is 30.5 Å². The molecule has 0 aromatic rings. The standard InChI is InChI=1S/C32H47ClO9/c1-17(2)23-12-20-13-30(15-34)22-10-9-18(3)21(22)14-31(20,32(23,30)29(37)38)16-40-28-25(36)27(26(39-5)19(4)41-28)42-24(35)8-6-7-11-33/h12,15,17-22,25-28,36H,6-11,13-14,16H2,1-5H3,(H,37,38)/t18-,19-,20?,21-,22-,25+,26-,27+,28-,30?,31?,32?/m1/s1. The van der Waals surface area contributed by atoms with Crippen molar-refractivity contribution in [2.45, 2.75) is 103 Å². The summed E-state index contributed by atoms with van der Waals surface area (Å²) in [5.74, 6) is -0.571. The maximum atomic E-state index is 13.7. The van der Waals surface area contributed by atoms with E-state index >= 15 is 0 Å². The van der Waals surface area contributed by atoms with Crippen LogP contribution in [0, 0.1) is 45.8 Å². The molecule has 0 aromatic heterocycles. The summed E-state index contributed by atoms with van der Waals surface area (Å²) in [4.78, 5) is 39.5. The highest BCUT2D eigenvalue weighted by molar-refractivity contribution is 6.17. The second kappa shape index (κ2) is 11.8.